The summed E-state index contributed by atoms with van der Waals surface area (Å²) in [6.07, 6.45) is 4.17. The molecule has 1 unspecified atom stereocenters. The normalized spacial score (nSPS) is 19.9. The van der Waals surface area contributed by atoms with E-state index < -0.39 is 0 Å². The lowest BCUT2D eigenvalue weighted by atomic mass is 10.3. The Labute approximate surface area is 123 Å². The average molecular weight is 295 g/mol. The molecule has 3 rings (SSSR count). The Morgan fingerprint density at radius 3 is 3.20 bits per heavy atom. The number of likely N-dealkylation sites (N-methyl/N-ethyl adjacent to an activating group) is 1. The van der Waals surface area contributed by atoms with E-state index in [0.717, 1.165) is 49.1 Å². The summed E-state index contributed by atoms with van der Waals surface area (Å²) < 4.78 is 7.68. The summed E-state index contributed by atoms with van der Waals surface area (Å²) in [6, 6.07) is 3.79. The lowest BCUT2D eigenvalue weighted by Crippen LogP contribution is -2.44. The van der Waals surface area contributed by atoms with Gasteiger partial charge in [-0.1, -0.05) is 11.6 Å². The van der Waals surface area contributed by atoms with Gasteiger partial charge < -0.3 is 14.5 Å². The van der Waals surface area contributed by atoms with Gasteiger partial charge in [-0.3, -0.25) is 4.90 Å². The first-order valence-electron chi connectivity index (χ1n) is 6.85. The minimum atomic E-state index is 0.264. The molecular formula is C14H19ClN4O. The van der Waals surface area contributed by atoms with E-state index in [4.69, 9.17) is 16.3 Å². The summed E-state index contributed by atoms with van der Waals surface area (Å²) in [5.74, 6) is 0. The van der Waals surface area contributed by atoms with Gasteiger partial charge in [0.1, 0.15) is 5.65 Å². The zero-order valence-electron chi connectivity index (χ0n) is 11.6. The Morgan fingerprint density at radius 1 is 1.50 bits per heavy atom. The molecule has 0 saturated carbocycles. The summed E-state index contributed by atoms with van der Waals surface area (Å²) in [7, 11) is 2.09. The molecule has 0 aromatic carbocycles. The molecule has 1 saturated heterocycles. The van der Waals surface area contributed by atoms with Gasteiger partial charge in [0, 0.05) is 38.6 Å². The maximum atomic E-state index is 5.98. The molecule has 0 spiro atoms. The van der Waals surface area contributed by atoms with E-state index in [1.807, 2.05) is 28.9 Å². The third kappa shape index (κ3) is 3.30. The van der Waals surface area contributed by atoms with Crippen LogP contribution in [0.3, 0.4) is 0 Å². The highest BCUT2D eigenvalue weighted by Crippen LogP contribution is 2.13. The Hall–Kier alpha value is -1.14. The van der Waals surface area contributed by atoms with Gasteiger partial charge in [-0.25, -0.2) is 4.98 Å². The minimum absolute atomic E-state index is 0.264. The first-order valence-corrected chi connectivity index (χ1v) is 7.22. The minimum Gasteiger partial charge on any atom is -0.374 e. The van der Waals surface area contributed by atoms with Crippen molar-refractivity contribution < 1.29 is 4.74 Å². The van der Waals surface area contributed by atoms with Crippen molar-refractivity contribution in [2.75, 3.05) is 33.3 Å². The molecular weight excluding hydrogens is 276 g/mol. The number of nitrogens with zero attached hydrogens (tertiary/aromatic N) is 3. The predicted octanol–water partition coefficient (Wildman–Crippen LogP) is 1.41. The van der Waals surface area contributed by atoms with Gasteiger partial charge in [-0.2, -0.15) is 0 Å². The van der Waals surface area contributed by atoms with E-state index in [1.165, 1.54) is 0 Å². The van der Waals surface area contributed by atoms with Crippen molar-refractivity contribution in [1.29, 1.82) is 0 Å². The zero-order valence-corrected chi connectivity index (χ0v) is 12.3. The first kappa shape index (κ1) is 13.8. The first-order chi connectivity index (χ1) is 9.70. The second kappa shape index (κ2) is 6.10. The number of nitrogens with one attached hydrogen (secondary N) is 1. The van der Waals surface area contributed by atoms with Crippen LogP contribution in [0.5, 0.6) is 0 Å². The van der Waals surface area contributed by atoms with Crippen LogP contribution in [0, 0.1) is 0 Å². The van der Waals surface area contributed by atoms with E-state index >= 15 is 0 Å². The molecule has 6 heteroatoms. The molecule has 20 heavy (non-hydrogen) atoms. The molecule has 1 aliphatic heterocycles. The van der Waals surface area contributed by atoms with Crippen molar-refractivity contribution in [3.05, 3.63) is 35.2 Å². The van der Waals surface area contributed by atoms with Crippen LogP contribution in [-0.2, 0) is 11.3 Å². The van der Waals surface area contributed by atoms with Crippen LogP contribution in [0.15, 0.2) is 24.5 Å². The van der Waals surface area contributed by atoms with Gasteiger partial charge in [0.05, 0.1) is 23.4 Å². The quantitative estimate of drug-likeness (QED) is 0.926. The predicted molar refractivity (Wildman–Crippen MR) is 79.1 cm³/mol. The molecule has 1 fully saturated rings. The van der Waals surface area contributed by atoms with Gasteiger partial charge >= 0.3 is 0 Å². The van der Waals surface area contributed by atoms with Crippen LogP contribution < -0.4 is 5.32 Å². The fourth-order valence-electron chi connectivity index (χ4n) is 2.52. The number of halogens is 1. The van der Waals surface area contributed by atoms with Crippen LogP contribution in [0.4, 0.5) is 0 Å². The number of aromatic nitrogens is 2. The van der Waals surface area contributed by atoms with Crippen molar-refractivity contribution >= 4 is 17.2 Å². The smallest absolute Gasteiger partial charge is 0.137 e. The zero-order chi connectivity index (χ0) is 13.9. The van der Waals surface area contributed by atoms with Crippen LogP contribution in [0.1, 0.15) is 5.69 Å². The molecule has 1 aliphatic rings. The van der Waals surface area contributed by atoms with E-state index in [1.54, 1.807) is 0 Å². The lowest BCUT2D eigenvalue weighted by Gasteiger charge is -2.27. The molecule has 2 aromatic rings. The van der Waals surface area contributed by atoms with E-state index in [9.17, 15) is 0 Å². The molecule has 0 bridgehead atoms. The largest absolute Gasteiger partial charge is 0.374 e. The van der Waals surface area contributed by atoms with Crippen molar-refractivity contribution in [3.63, 3.8) is 0 Å². The highest BCUT2D eigenvalue weighted by molar-refractivity contribution is 6.30. The number of imidazole rings is 1. The third-order valence-corrected chi connectivity index (χ3v) is 3.64. The highest BCUT2D eigenvalue weighted by Gasteiger charge is 2.16. The summed E-state index contributed by atoms with van der Waals surface area (Å²) in [5, 5.41) is 4.06. The van der Waals surface area contributed by atoms with Gasteiger partial charge in [0.25, 0.3) is 0 Å². The number of pyridine rings is 1. The number of fused-ring (bicyclic) bond motifs is 1. The van der Waals surface area contributed by atoms with Crippen LogP contribution in [0.25, 0.3) is 5.65 Å². The number of hydrogen-bond acceptors (Lipinski definition) is 4. The summed E-state index contributed by atoms with van der Waals surface area (Å²) in [6.45, 7) is 4.38. The Balaban J connectivity index is 1.63. The van der Waals surface area contributed by atoms with E-state index in [-0.39, 0.29) is 6.10 Å². The SMILES string of the molecule is CN(Cc1cn2cc(Cl)ccc2n1)CC1CNCCO1. The molecule has 1 N–H and O–H groups in total. The van der Waals surface area contributed by atoms with Crippen molar-refractivity contribution in [3.8, 4) is 0 Å². The highest BCUT2D eigenvalue weighted by atomic mass is 35.5. The fourth-order valence-corrected chi connectivity index (χ4v) is 2.69. The van der Waals surface area contributed by atoms with Crippen LogP contribution >= 0.6 is 11.6 Å². The Kier molecular flexibility index (Phi) is 4.21. The molecule has 108 valence electrons. The van der Waals surface area contributed by atoms with Gasteiger partial charge in [0.2, 0.25) is 0 Å². The number of morpholine rings is 1. The summed E-state index contributed by atoms with van der Waals surface area (Å²) in [5.41, 5.74) is 1.96. The third-order valence-electron chi connectivity index (χ3n) is 3.42. The molecule has 0 aliphatic carbocycles. The van der Waals surface area contributed by atoms with Gasteiger partial charge in [0.15, 0.2) is 0 Å². The van der Waals surface area contributed by atoms with Crippen LogP contribution in [0.2, 0.25) is 5.02 Å². The van der Waals surface area contributed by atoms with E-state index in [0.29, 0.717) is 0 Å². The average Bonchev–Trinajstić information content (AvgIpc) is 2.80. The summed E-state index contributed by atoms with van der Waals surface area (Å²) in [4.78, 5) is 6.83. The number of hydrogen-bond donors (Lipinski definition) is 1. The second-order valence-corrected chi connectivity index (χ2v) is 5.68. The van der Waals surface area contributed by atoms with Gasteiger partial charge in [-0.15, -0.1) is 0 Å². The molecule has 1 atom stereocenters. The lowest BCUT2D eigenvalue weighted by molar-refractivity contribution is 0.00870. The van der Waals surface area contributed by atoms with E-state index in [2.05, 4.69) is 22.2 Å². The monoisotopic (exact) mass is 294 g/mol. The van der Waals surface area contributed by atoms with Crippen molar-refractivity contribution in [1.82, 2.24) is 19.6 Å². The topological polar surface area (TPSA) is 41.8 Å². The Bertz CT molecular complexity index is 580. The fraction of sp³-hybridized carbons (Fsp3) is 0.500. The maximum Gasteiger partial charge on any atom is 0.137 e. The second-order valence-electron chi connectivity index (χ2n) is 5.24. The summed E-state index contributed by atoms with van der Waals surface area (Å²) >= 11 is 5.98. The molecule has 2 aromatic heterocycles. The Morgan fingerprint density at radius 2 is 2.40 bits per heavy atom. The maximum absolute atomic E-state index is 5.98. The number of ether oxygens (including phenoxy) is 1. The van der Waals surface area contributed by atoms with Gasteiger partial charge in [-0.05, 0) is 19.2 Å². The van der Waals surface area contributed by atoms with Crippen molar-refractivity contribution in [2.24, 2.45) is 0 Å². The molecule has 0 amide bonds. The van der Waals surface area contributed by atoms with Crippen LogP contribution in [-0.4, -0.2) is 53.7 Å². The number of rotatable bonds is 4. The molecule has 0 radical (unpaired) electrons. The standard InChI is InChI=1S/C14H19ClN4O/c1-18(10-13-6-16-4-5-20-13)8-12-9-19-7-11(15)2-3-14(19)17-12/h2-3,7,9,13,16H,4-6,8,10H2,1H3. The molecule has 3 heterocycles. The van der Waals surface area contributed by atoms with Crippen molar-refractivity contribution in [2.45, 2.75) is 12.6 Å². The molecule has 5 nitrogen and oxygen atoms in total.